The number of rotatable bonds is 3. The first-order valence-electron chi connectivity index (χ1n) is 4.76. The van der Waals surface area contributed by atoms with Crippen molar-refractivity contribution in [3.05, 3.63) is 0 Å². The van der Waals surface area contributed by atoms with Crippen LogP contribution in [0, 0.1) is 5.92 Å². The lowest BCUT2D eigenvalue weighted by Crippen LogP contribution is -2.54. The number of carbonyl (C=O) groups is 1. The summed E-state index contributed by atoms with van der Waals surface area (Å²) in [6, 6.07) is 0. The first-order chi connectivity index (χ1) is 7.33. The zero-order valence-corrected chi connectivity index (χ0v) is 9.57. The maximum absolute atomic E-state index is 11.4. The Morgan fingerprint density at radius 2 is 2.25 bits per heavy atom. The number of hydrogen-bond acceptors (Lipinski definition) is 6. The smallest absolute Gasteiger partial charge is 0.315 e. The summed E-state index contributed by atoms with van der Waals surface area (Å²) in [5.41, 5.74) is 0. The molecule has 0 aromatic heterocycles. The van der Waals surface area contributed by atoms with Gasteiger partial charge in [0.2, 0.25) is 4.93 Å². The third-order valence-electron chi connectivity index (χ3n) is 2.45. The van der Waals surface area contributed by atoms with Gasteiger partial charge in [0, 0.05) is 6.42 Å². The number of carbonyl (C=O) groups excluding carboxylic acids is 1. The molecule has 1 rings (SSSR count). The molecule has 0 aromatic carbocycles. The van der Waals surface area contributed by atoms with E-state index in [0.29, 0.717) is 0 Å². The Balaban J connectivity index is 3.00. The highest BCUT2D eigenvalue weighted by molar-refractivity contribution is 7.87. The van der Waals surface area contributed by atoms with E-state index in [1.54, 1.807) is 6.92 Å². The van der Waals surface area contributed by atoms with Gasteiger partial charge in [-0.2, -0.15) is 8.42 Å². The van der Waals surface area contributed by atoms with Gasteiger partial charge < -0.3 is 14.6 Å². The predicted molar refractivity (Wildman–Crippen MR) is 52.1 cm³/mol. The van der Waals surface area contributed by atoms with Gasteiger partial charge in [-0.3, -0.25) is 9.35 Å². The predicted octanol–water partition coefficient (Wildman–Crippen LogP) is -0.838. The zero-order valence-electron chi connectivity index (χ0n) is 8.75. The first-order valence-corrected chi connectivity index (χ1v) is 6.20. The van der Waals surface area contributed by atoms with Gasteiger partial charge in [-0.15, -0.1) is 0 Å². The number of hydrogen-bond donors (Lipinski definition) is 2. The van der Waals surface area contributed by atoms with Gasteiger partial charge in [-0.25, -0.2) is 0 Å². The van der Waals surface area contributed by atoms with Gasteiger partial charge in [0.25, 0.3) is 10.1 Å². The van der Waals surface area contributed by atoms with E-state index >= 15 is 0 Å². The number of esters is 1. The summed E-state index contributed by atoms with van der Waals surface area (Å²) in [6.45, 7) is 1.26. The third kappa shape index (κ3) is 2.34. The second kappa shape index (κ2) is 4.66. The number of ether oxygens (including phenoxy) is 2. The summed E-state index contributed by atoms with van der Waals surface area (Å²) in [7, 11) is -4.76. The fourth-order valence-electron chi connectivity index (χ4n) is 1.53. The summed E-state index contributed by atoms with van der Waals surface area (Å²) >= 11 is 0. The van der Waals surface area contributed by atoms with Crippen LogP contribution >= 0.6 is 0 Å². The second-order valence-corrected chi connectivity index (χ2v) is 5.11. The summed E-state index contributed by atoms with van der Waals surface area (Å²) in [4.78, 5) is 8.91. The summed E-state index contributed by atoms with van der Waals surface area (Å²) in [5, 5.41) is 9.85. The molecule has 0 amide bonds. The van der Waals surface area contributed by atoms with Crippen molar-refractivity contribution in [2.24, 2.45) is 5.92 Å². The van der Waals surface area contributed by atoms with Crippen molar-refractivity contribution in [3.63, 3.8) is 0 Å². The number of aliphatic hydroxyl groups is 1. The van der Waals surface area contributed by atoms with E-state index in [2.05, 4.69) is 4.74 Å². The lowest BCUT2D eigenvalue weighted by molar-refractivity contribution is -0.163. The Morgan fingerprint density at radius 1 is 1.62 bits per heavy atom. The minimum Gasteiger partial charge on any atom is -0.466 e. The molecule has 0 aliphatic carbocycles. The lowest BCUT2D eigenvalue weighted by atomic mass is 9.98. The molecule has 1 aliphatic rings. The molecule has 0 radical (unpaired) electrons. The second-order valence-electron chi connectivity index (χ2n) is 3.45. The van der Waals surface area contributed by atoms with E-state index in [9.17, 15) is 18.3 Å². The molecule has 7 nitrogen and oxygen atoms in total. The maximum Gasteiger partial charge on any atom is 0.315 e. The maximum atomic E-state index is 11.4. The molecular formula is C8H14O7S. The zero-order chi connectivity index (χ0) is 12.4. The van der Waals surface area contributed by atoms with E-state index in [1.807, 2.05) is 0 Å². The molecule has 1 heterocycles. The van der Waals surface area contributed by atoms with E-state index in [1.165, 1.54) is 0 Å². The Labute approximate surface area is 93.1 Å². The Morgan fingerprint density at radius 3 is 2.75 bits per heavy atom. The van der Waals surface area contributed by atoms with Gasteiger partial charge >= 0.3 is 5.97 Å². The average molecular weight is 254 g/mol. The summed E-state index contributed by atoms with van der Waals surface area (Å²) in [5.74, 6) is -2.32. The van der Waals surface area contributed by atoms with E-state index in [4.69, 9.17) is 9.29 Å². The normalized spacial score (nSPS) is 31.1. The molecule has 16 heavy (non-hydrogen) atoms. The molecule has 2 atom stereocenters. The van der Waals surface area contributed by atoms with E-state index in [0.717, 1.165) is 0 Å². The van der Waals surface area contributed by atoms with E-state index < -0.39 is 26.9 Å². The van der Waals surface area contributed by atoms with Crippen LogP contribution in [0.4, 0.5) is 0 Å². The first kappa shape index (κ1) is 13.4. The Kier molecular flexibility index (Phi) is 3.89. The largest absolute Gasteiger partial charge is 0.466 e. The van der Waals surface area contributed by atoms with Crippen molar-refractivity contribution in [1.82, 2.24) is 0 Å². The van der Waals surface area contributed by atoms with Crippen molar-refractivity contribution in [2.45, 2.75) is 18.3 Å². The fraction of sp³-hybridized carbons (Fsp3) is 0.875. The summed E-state index contributed by atoms with van der Waals surface area (Å²) < 4.78 is 40.6. The molecule has 2 unspecified atom stereocenters. The Hall–Kier alpha value is -0.700. The van der Waals surface area contributed by atoms with Crippen LogP contribution in [0.3, 0.4) is 0 Å². The highest BCUT2D eigenvalue weighted by atomic mass is 32.2. The summed E-state index contributed by atoms with van der Waals surface area (Å²) in [6.07, 6.45) is -0.366. The van der Waals surface area contributed by atoms with Crippen LogP contribution in [0.1, 0.15) is 13.3 Å². The van der Waals surface area contributed by atoms with Gasteiger partial charge in [0.1, 0.15) is 5.92 Å². The van der Waals surface area contributed by atoms with Crippen LogP contribution in [-0.4, -0.2) is 48.8 Å². The van der Waals surface area contributed by atoms with Crippen molar-refractivity contribution in [1.29, 1.82) is 0 Å². The topological polar surface area (TPSA) is 110 Å². The van der Waals surface area contributed by atoms with Crippen molar-refractivity contribution < 1.29 is 32.3 Å². The lowest BCUT2D eigenvalue weighted by Gasteiger charge is -2.35. The molecular weight excluding hydrogens is 240 g/mol. The molecule has 1 aliphatic heterocycles. The van der Waals surface area contributed by atoms with Crippen LogP contribution in [0.15, 0.2) is 0 Å². The quantitative estimate of drug-likeness (QED) is 0.499. The highest BCUT2D eigenvalue weighted by Crippen LogP contribution is 2.32. The van der Waals surface area contributed by atoms with Crippen LogP contribution in [0.25, 0.3) is 0 Å². The van der Waals surface area contributed by atoms with Gasteiger partial charge in [0.15, 0.2) is 0 Å². The van der Waals surface area contributed by atoms with Gasteiger partial charge in [-0.1, -0.05) is 0 Å². The van der Waals surface area contributed by atoms with Crippen molar-refractivity contribution >= 4 is 16.1 Å². The molecule has 2 N–H and O–H groups in total. The van der Waals surface area contributed by atoms with Gasteiger partial charge in [0.05, 0.1) is 19.8 Å². The molecule has 0 aromatic rings. The molecule has 0 bridgehead atoms. The van der Waals surface area contributed by atoms with Crippen molar-refractivity contribution in [2.75, 3.05) is 19.8 Å². The minimum atomic E-state index is -4.76. The molecule has 0 spiro atoms. The SMILES string of the molecule is CCOC(=O)C1COCCC1(O)S(=O)(=O)O. The van der Waals surface area contributed by atoms with Crippen LogP contribution in [-0.2, 0) is 24.4 Å². The molecule has 1 fully saturated rings. The molecule has 1 saturated heterocycles. The van der Waals surface area contributed by atoms with Crippen LogP contribution in [0.2, 0.25) is 0 Å². The Bertz CT molecular complexity index is 363. The third-order valence-corrected chi connectivity index (χ3v) is 3.83. The fourth-order valence-corrected chi connectivity index (χ4v) is 2.39. The monoisotopic (exact) mass is 254 g/mol. The molecule has 94 valence electrons. The van der Waals surface area contributed by atoms with Crippen LogP contribution < -0.4 is 0 Å². The highest BCUT2D eigenvalue weighted by Gasteiger charge is 2.54. The van der Waals surface area contributed by atoms with Crippen molar-refractivity contribution in [3.8, 4) is 0 Å². The van der Waals surface area contributed by atoms with Crippen LogP contribution in [0.5, 0.6) is 0 Å². The average Bonchev–Trinajstić information content (AvgIpc) is 2.17. The standard InChI is InChI=1S/C8H14O7S/c1-2-15-7(9)6-5-14-4-3-8(6,10)16(11,12)13/h6,10H,2-5H2,1H3,(H,11,12,13). The van der Waals surface area contributed by atoms with E-state index in [-0.39, 0.29) is 26.2 Å². The molecule has 0 saturated carbocycles. The minimum absolute atomic E-state index is 0.0494. The molecule has 8 heteroatoms. The van der Waals surface area contributed by atoms with Gasteiger partial charge in [-0.05, 0) is 6.92 Å².